The molecule has 1 aromatic heterocycles. The van der Waals surface area contributed by atoms with Crippen LogP contribution in [0.3, 0.4) is 0 Å². The third kappa shape index (κ3) is 1.20. The Balaban J connectivity index is 2.26. The van der Waals surface area contributed by atoms with Crippen LogP contribution in [0.15, 0.2) is 0 Å². The number of aryl methyl sites for hydroxylation is 1. The van der Waals surface area contributed by atoms with Gasteiger partial charge in [0, 0.05) is 12.5 Å². The molecule has 0 saturated heterocycles. The van der Waals surface area contributed by atoms with Crippen molar-refractivity contribution in [3.8, 4) is 0 Å². The Bertz CT molecular complexity index is 321. The topological polar surface area (TPSA) is 46.0 Å². The van der Waals surface area contributed by atoms with Crippen LogP contribution in [0.2, 0.25) is 0 Å². The summed E-state index contributed by atoms with van der Waals surface area (Å²) in [7, 11) is 0. The first kappa shape index (κ1) is 9.09. The molecule has 1 N–H and O–H groups in total. The molecule has 2 unspecified atom stereocenters. The molecule has 0 bridgehead atoms. The van der Waals surface area contributed by atoms with Crippen molar-refractivity contribution < 1.29 is 5.11 Å². The van der Waals surface area contributed by atoms with Crippen molar-refractivity contribution in [1.82, 2.24) is 9.59 Å². The van der Waals surface area contributed by atoms with Crippen molar-refractivity contribution in [1.29, 1.82) is 0 Å². The van der Waals surface area contributed by atoms with E-state index in [9.17, 15) is 0 Å². The fourth-order valence-electron chi connectivity index (χ4n) is 2.13. The maximum Gasteiger partial charge on any atom is 0.0759 e. The molecule has 2 atom stereocenters. The molecule has 0 radical (unpaired) electrons. The van der Waals surface area contributed by atoms with E-state index in [0.717, 1.165) is 5.69 Å². The molecular weight excluding hydrogens is 184 g/mol. The average molecular weight is 198 g/mol. The zero-order chi connectivity index (χ0) is 9.64. The summed E-state index contributed by atoms with van der Waals surface area (Å²) in [4.78, 5) is 1.25. The average Bonchev–Trinajstić information content (AvgIpc) is 2.41. The van der Waals surface area contributed by atoms with E-state index in [4.69, 9.17) is 5.11 Å². The smallest absolute Gasteiger partial charge is 0.0759 e. The van der Waals surface area contributed by atoms with Gasteiger partial charge in [0.05, 0.1) is 10.6 Å². The Kier molecular flexibility index (Phi) is 1.92. The van der Waals surface area contributed by atoms with Gasteiger partial charge in [-0.25, -0.2) is 0 Å². The molecule has 72 valence electrons. The Hall–Kier alpha value is -0.480. The standard InChI is InChI=1S/C9H14N2OS/c1-5-8(13-11-10-5)7-6(4-12)9(7,2)3/h6-7,12H,4H2,1-3H3. The van der Waals surface area contributed by atoms with E-state index in [0.29, 0.717) is 11.8 Å². The minimum atomic E-state index is 0.230. The molecule has 1 aliphatic rings. The largest absolute Gasteiger partial charge is 0.396 e. The van der Waals surface area contributed by atoms with Crippen molar-refractivity contribution in [3.63, 3.8) is 0 Å². The second kappa shape index (κ2) is 2.75. The summed E-state index contributed by atoms with van der Waals surface area (Å²) in [6.07, 6.45) is 0. The monoisotopic (exact) mass is 198 g/mol. The molecule has 0 aromatic carbocycles. The number of hydrogen-bond acceptors (Lipinski definition) is 4. The van der Waals surface area contributed by atoms with Gasteiger partial charge in [0.15, 0.2) is 0 Å². The van der Waals surface area contributed by atoms with Crippen molar-refractivity contribution in [2.24, 2.45) is 11.3 Å². The van der Waals surface area contributed by atoms with Crippen LogP contribution in [0.4, 0.5) is 0 Å². The minimum Gasteiger partial charge on any atom is -0.396 e. The first-order valence-electron chi connectivity index (χ1n) is 4.48. The van der Waals surface area contributed by atoms with Crippen molar-refractivity contribution in [2.45, 2.75) is 26.7 Å². The number of hydrogen-bond donors (Lipinski definition) is 1. The maximum absolute atomic E-state index is 9.17. The van der Waals surface area contributed by atoms with Gasteiger partial charge >= 0.3 is 0 Å². The van der Waals surface area contributed by atoms with Crippen LogP contribution in [-0.4, -0.2) is 21.3 Å². The van der Waals surface area contributed by atoms with Crippen LogP contribution < -0.4 is 0 Å². The normalized spacial score (nSPS) is 30.5. The summed E-state index contributed by atoms with van der Waals surface area (Å²) in [6.45, 7) is 6.64. The molecule has 1 aliphatic carbocycles. The summed E-state index contributed by atoms with van der Waals surface area (Å²) in [6, 6.07) is 0. The van der Waals surface area contributed by atoms with E-state index in [1.807, 2.05) is 6.92 Å². The molecule has 1 saturated carbocycles. The fourth-order valence-corrected chi connectivity index (χ4v) is 3.13. The van der Waals surface area contributed by atoms with E-state index in [2.05, 4.69) is 23.4 Å². The zero-order valence-electron chi connectivity index (χ0n) is 8.11. The Morgan fingerprint density at radius 2 is 2.23 bits per heavy atom. The van der Waals surface area contributed by atoms with Gasteiger partial charge in [-0.3, -0.25) is 0 Å². The molecule has 4 heteroatoms. The van der Waals surface area contributed by atoms with E-state index >= 15 is 0 Å². The molecule has 2 rings (SSSR count). The van der Waals surface area contributed by atoms with Gasteiger partial charge in [-0.15, -0.1) is 5.10 Å². The molecule has 1 fully saturated rings. The molecule has 3 nitrogen and oxygen atoms in total. The van der Waals surface area contributed by atoms with Gasteiger partial charge in [-0.05, 0) is 29.8 Å². The highest BCUT2D eigenvalue weighted by molar-refractivity contribution is 7.05. The van der Waals surface area contributed by atoms with Crippen LogP contribution >= 0.6 is 11.5 Å². The number of aromatic nitrogens is 2. The van der Waals surface area contributed by atoms with Crippen molar-refractivity contribution >= 4 is 11.5 Å². The number of nitrogens with zero attached hydrogens (tertiary/aromatic N) is 2. The van der Waals surface area contributed by atoms with Gasteiger partial charge < -0.3 is 5.11 Å². The van der Waals surface area contributed by atoms with E-state index < -0.39 is 0 Å². The summed E-state index contributed by atoms with van der Waals surface area (Å²) in [5.41, 5.74) is 1.26. The molecule has 1 aromatic rings. The van der Waals surface area contributed by atoms with Crippen LogP contribution in [0.5, 0.6) is 0 Å². The van der Waals surface area contributed by atoms with E-state index in [-0.39, 0.29) is 12.0 Å². The van der Waals surface area contributed by atoms with E-state index in [1.165, 1.54) is 16.4 Å². The highest BCUT2D eigenvalue weighted by atomic mass is 32.1. The number of rotatable bonds is 2. The lowest BCUT2D eigenvalue weighted by atomic mass is 10.1. The van der Waals surface area contributed by atoms with Crippen molar-refractivity contribution in [3.05, 3.63) is 10.6 Å². The first-order valence-corrected chi connectivity index (χ1v) is 5.26. The zero-order valence-corrected chi connectivity index (χ0v) is 8.93. The van der Waals surface area contributed by atoms with Crippen LogP contribution in [0.25, 0.3) is 0 Å². The SMILES string of the molecule is Cc1nnsc1C1C(CO)C1(C)C. The van der Waals surface area contributed by atoms with Gasteiger partial charge in [0.2, 0.25) is 0 Å². The molecule has 13 heavy (non-hydrogen) atoms. The first-order chi connectivity index (χ1) is 6.09. The van der Waals surface area contributed by atoms with Gasteiger partial charge in [0.1, 0.15) is 0 Å². The van der Waals surface area contributed by atoms with Gasteiger partial charge in [0.25, 0.3) is 0 Å². The van der Waals surface area contributed by atoms with Crippen LogP contribution in [0.1, 0.15) is 30.3 Å². The second-order valence-electron chi connectivity index (χ2n) is 4.31. The maximum atomic E-state index is 9.17. The predicted molar refractivity (Wildman–Crippen MR) is 51.7 cm³/mol. The third-order valence-corrected chi connectivity index (χ3v) is 4.13. The van der Waals surface area contributed by atoms with Crippen LogP contribution in [0, 0.1) is 18.3 Å². The summed E-state index contributed by atoms with van der Waals surface area (Å²) < 4.78 is 3.93. The highest BCUT2D eigenvalue weighted by Crippen LogP contribution is 2.65. The van der Waals surface area contributed by atoms with Crippen LogP contribution in [-0.2, 0) is 0 Å². The number of aliphatic hydroxyl groups excluding tert-OH is 1. The van der Waals surface area contributed by atoms with Crippen molar-refractivity contribution in [2.75, 3.05) is 6.61 Å². The second-order valence-corrected chi connectivity index (χ2v) is 5.10. The molecule has 0 aliphatic heterocycles. The third-order valence-electron chi connectivity index (χ3n) is 3.22. The molecule has 0 amide bonds. The van der Waals surface area contributed by atoms with Gasteiger partial charge in [-0.2, -0.15) is 0 Å². The lowest BCUT2D eigenvalue weighted by Gasteiger charge is -1.98. The van der Waals surface area contributed by atoms with Gasteiger partial charge in [-0.1, -0.05) is 18.3 Å². The Labute approximate surface area is 82.0 Å². The summed E-state index contributed by atoms with van der Waals surface area (Å²) in [5, 5.41) is 13.2. The number of aliphatic hydroxyl groups is 1. The summed E-state index contributed by atoms with van der Waals surface area (Å²) >= 11 is 1.47. The summed E-state index contributed by atoms with van der Waals surface area (Å²) in [5.74, 6) is 0.867. The predicted octanol–water partition coefficient (Wildman–Crippen LogP) is 1.58. The quantitative estimate of drug-likeness (QED) is 0.784. The minimum absolute atomic E-state index is 0.230. The molecule has 0 spiro atoms. The Morgan fingerprint density at radius 3 is 2.62 bits per heavy atom. The van der Waals surface area contributed by atoms with E-state index in [1.54, 1.807) is 0 Å². The molecule has 1 heterocycles. The highest BCUT2D eigenvalue weighted by Gasteiger charge is 2.59. The molecular formula is C9H14N2OS. The fraction of sp³-hybridized carbons (Fsp3) is 0.778. The lowest BCUT2D eigenvalue weighted by molar-refractivity contribution is 0.257. The lowest BCUT2D eigenvalue weighted by Crippen LogP contribution is -1.93. The Morgan fingerprint density at radius 1 is 1.54 bits per heavy atom.